The Kier molecular flexibility index (Phi) is 5.17. The lowest BCUT2D eigenvalue weighted by Gasteiger charge is -2.32. The Hall–Kier alpha value is -1.41. The maximum absolute atomic E-state index is 8.12. The first-order valence-electron chi connectivity index (χ1n) is 7.03. The van der Waals surface area contributed by atoms with Crippen LogP contribution in [0, 0.1) is 6.57 Å². The third-order valence-electron chi connectivity index (χ3n) is 4.58. The Morgan fingerprint density at radius 2 is 1.67 bits per heavy atom. The van der Waals surface area contributed by atoms with E-state index < -0.39 is 0 Å². The van der Waals surface area contributed by atoms with Crippen molar-refractivity contribution in [1.29, 1.82) is 0 Å². The van der Waals surface area contributed by atoms with Gasteiger partial charge in [0.05, 0.1) is 11.2 Å². The summed E-state index contributed by atoms with van der Waals surface area (Å²) in [5, 5.41) is 0. The number of hydrogen-bond acceptors (Lipinski definition) is 4. The summed E-state index contributed by atoms with van der Waals surface area (Å²) in [6.07, 6.45) is 4.99. The summed E-state index contributed by atoms with van der Waals surface area (Å²) in [5.74, 6) is 0. The Morgan fingerprint density at radius 3 is 2.00 bits per heavy atom. The second kappa shape index (κ2) is 6.15. The van der Waals surface area contributed by atoms with Gasteiger partial charge in [-0.3, -0.25) is 0 Å². The molecule has 0 spiro atoms. The van der Waals surface area contributed by atoms with E-state index in [2.05, 4.69) is 38.6 Å². The third kappa shape index (κ3) is 3.82. The van der Waals surface area contributed by atoms with Crippen molar-refractivity contribution >= 4 is 13.3 Å². The van der Waals surface area contributed by atoms with Gasteiger partial charge in [-0.15, -0.1) is 0 Å². The molecule has 0 amide bonds. The molecule has 1 saturated heterocycles. The van der Waals surface area contributed by atoms with Gasteiger partial charge in [0.15, 0.2) is 0 Å². The predicted molar refractivity (Wildman–Crippen MR) is 78.0 cm³/mol. The van der Waals surface area contributed by atoms with E-state index in [9.17, 15) is 0 Å². The van der Waals surface area contributed by atoms with Gasteiger partial charge in [-0.2, -0.15) is 9.59 Å². The smallest absolute Gasteiger partial charge is 0.400 e. The summed E-state index contributed by atoms with van der Waals surface area (Å²) in [6, 6.07) is 0. The first-order chi connectivity index (χ1) is 9.61. The lowest BCUT2D eigenvalue weighted by Crippen LogP contribution is -2.41. The number of allylic oxidation sites excluding steroid dienone is 1. The number of rotatable bonds is 1. The summed E-state index contributed by atoms with van der Waals surface area (Å²) < 4.78 is 12.1. The van der Waals surface area contributed by atoms with Gasteiger partial charge in [-0.05, 0) is 39.6 Å². The molecule has 0 aromatic carbocycles. The number of carbonyl (C=O) groups excluding carboxylic acids is 2. The fourth-order valence-electron chi connectivity index (χ4n) is 2.28. The van der Waals surface area contributed by atoms with Crippen molar-refractivity contribution < 1.29 is 18.9 Å². The van der Waals surface area contributed by atoms with Crippen LogP contribution < -0.4 is 0 Å². The molecular weight excluding hydrogens is 269 g/mol. The molecule has 1 aliphatic carbocycles. The molecule has 6 heteroatoms. The summed E-state index contributed by atoms with van der Waals surface area (Å²) in [5.41, 5.74) is 0.417. The van der Waals surface area contributed by atoms with Crippen LogP contribution in [0.25, 0.3) is 4.85 Å². The summed E-state index contributed by atoms with van der Waals surface area (Å²) in [7, 11) is -0.231. The number of hydrogen-bond donors (Lipinski definition) is 0. The van der Waals surface area contributed by atoms with Gasteiger partial charge in [0.1, 0.15) is 0 Å². The molecule has 1 heterocycles. The highest BCUT2D eigenvalue weighted by atomic mass is 16.7. The Morgan fingerprint density at radius 1 is 1.19 bits per heavy atom. The van der Waals surface area contributed by atoms with Crippen LogP contribution in [-0.2, 0) is 18.9 Å². The maximum Gasteiger partial charge on any atom is 0.490 e. The van der Waals surface area contributed by atoms with Crippen molar-refractivity contribution in [3.8, 4) is 0 Å². The molecule has 1 atom stereocenters. The zero-order chi connectivity index (χ0) is 16.3. The van der Waals surface area contributed by atoms with Gasteiger partial charge in [0.2, 0.25) is 5.54 Å². The van der Waals surface area contributed by atoms with Crippen molar-refractivity contribution in [1.82, 2.24) is 0 Å². The van der Waals surface area contributed by atoms with Crippen LogP contribution in [-0.4, -0.2) is 30.0 Å². The molecule has 21 heavy (non-hydrogen) atoms. The predicted octanol–water partition coefficient (Wildman–Crippen LogP) is 2.82. The fourth-order valence-corrected chi connectivity index (χ4v) is 2.28. The molecule has 0 N–H and O–H groups in total. The standard InChI is InChI=1S/C14H22BNO2.CO2/c1-12(2)13(3,4)18-15(17-12)11-7-9-14(5,16-6)10-8-11;2-1-3/h7H,8-10H2,1-5H3;. The van der Waals surface area contributed by atoms with E-state index in [1.54, 1.807) is 0 Å². The zero-order valence-electron chi connectivity index (χ0n) is 13.4. The average Bonchev–Trinajstić information content (AvgIpc) is 2.60. The quantitative estimate of drug-likeness (QED) is 0.550. The topological polar surface area (TPSA) is 57.0 Å². The second-order valence-electron chi connectivity index (χ2n) is 6.76. The molecule has 0 saturated carbocycles. The fraction of sp³-hybridized carbons (Fsp3) is 0.733. The van der Waals surface area contributed by atoms with E-state index in [1.165, 1.54) is 5.47 Å². The SMILES string of the molecule is O=C=O.[C-]#[N+]C1(C)CC=C(B2OC(C)(C)C(C)(C)O2)CC1. The molecule has 1 unspecified atom stereocenters. The van der Waals surface area contributed by atoms with Crippen LogP contribution in [0.4, 0.5) is 0 Å². The van der Waals surface area contributed by atoms with E-state index in [0.717, 1.165) is 19.3 Å². The monoisotopic (exact) mass is 291 g/mol. The molecular formula is C15H22BNO4. The van der Waals surface area contributed by atoms with Gasteiger partial charge in [-0.25, -0.2) is 6.57 Å². The van der Waals surface area contributed by atoms with E-state index in [1.807, 2.05) is 6.92 Å². The molecule has 1 aliphatic heterocycles. The maximum atomic E-state index is 8.12. The van der Waals surface area contributed by atoms with Crippen LogP contribution in [0.1, 0.15) is 53.9 Å². The van der Waals surface area contributed by atoms with E-state index >= 15 is 0 Å². The molecule has 0 radical (unpaired) electrons. The van der Waals surface area contributed by atoms with E-state index in [4.69, 9.17) is 25.5 Å². The van der Waals surface area contributed by atoms with Gasteiger partial charge in [-0.1, -0.05) is 6.08 Å². The van der Waals surface area contributed by atoms with Crippen LogP contribution in [0.2, 0.25) is 0 Å². The minimum atomic E-state index is -0.279. The van der Waals surface area contributed by atoms with Crippen molar-refractivity contribution in [2.24, 2.45) is 0 Å². The first-order valence-corrected chi connectivity index (χ1v) is 7.03. The molecule has 0 aromatic rings. The molecule has 114 valence electrons. The molecule has 0 bridgehead atoms. The molecule has 0 aromatic heterocycles. The van der Waals surface area contributed by atoms with Crippen molar-refractivity contribution in [2.75, 3.05) is 0 Å². The lowest BCUT2D eigenvalue weighted by molar-refractivity contribution is -0.191. The minimum absolute atomic E-state index is 0.229. The Bertz CT molecular complexity index is 484. The van der Waals surface area contributed by atoms with Gasteiger partial charge >= 0.3 is 13.3 Å². The molecule has 1 fully saturated rings. The van der Waals surface area contributed by atoms with Crippen molar-refractivity contribution in [3.63, 3.8) is 0 Å². The minimum Gasteiger partial charge on any atom is -0.400 e. The summed E-state index contributed by atoms with van der Waals surface area (Å²) in [6.45, 7) is 17.5. The van der Waals surface area contributed by atoms with Crippen LogP contribution in [0.3, 0.4) is 0 Å². The first kappa shape index (κ1) is 17.6. The largest absolute Gasteiger partial charge is 0.490 e. The van der Waals surface area contributed by atoms with Crippen molar-refractivity contribution in [3.05, 3.63) is 23.0 Å². The van der Waals surface area contributed by atoms with Crippen LogP contribution >= 0.6 is 0 Å². The average molecular weight is 291 g/mol. The van der Waals surface area contributed by atoms with Crippen LogP contribution in [0.15, 0.2) is 11.5 Å². The van der Waals surface area contributed by atoms with Crippen molar-refractivity contribution in [2.45, 2.75) is 70.6 Å². The summed E-state index contributed by atoms with van der Waals surface area (Å²) >= 11 is 0. The lowest BCUT2D eigenvalue weighted by atomic mass is 9.69. The molecule has 2 rings (SSSR count). The van der Waals surface area contributed by atoms with Gasteiger partial charge < -0.3 is 14.2 Å². The second-order valence-corrected chi connectivity index (χ2v) is 6.76. The highest BCUT2D eigenvalue weighted by molar-refractivity contribution is 6.54. The highest BCUT2D eigenvalue weighted by Gasteiger charge is 2.53. The molecule has 5 nitrogen and oxygen atoms in total. The van der Waals surface area contributed by atoms with E-state index in [0.29, 0.717) is 0 Å². The third-order valence-corrected chi connectivity index (χ3v) is 4.58. The Labute approximate surface area is 126 Å². The normalized spacial score (nSPS) is 29.5. The van der Waals surface area contributed by atoms with Crippen LogP contribution in [0.5, 0.6) is 0 Å². The molecule has 2 aliphatic rings. The van der Waals surface area contributed by atoms with E-state index in [-0.39, 0.29) is 30.0 Å². The highest BCUT2D eigenvalue weighted by Crippen LogP contribution is 2.41. The van der Waals surface area contributed by atoms with Gasteiger partial charge in [0, 0.05) is 19.8 Å². The Balaban J connectivity index is 0.000000677. The number of nitrogens with zero attached hydrogens (tertiary/aromatic N) is 1. The summed E-state index contributed by atoms with van der Waals surface area (Å²) in [4.78, 5) is 20.0. The zero-order valence-corrected chi connectivity index (χ0v) is 13.4. The van der Waals surface area contributed by atoms with Gasteiger partial charge in [0.25, 0.3) is 0 Å².